The van der Waals surface area contributed by atoms with E-state index >= 15 is 0 Å². The molecule has 12 aromatic rings. The number of nitrogen functional groups attached to an aromatic ring is 2. The number of hydrogen-bond acceptors (Lipinski definition) is 28. The van der Waals surface area contributed by atoms with E-state index in [1.54, 1.807) is 162 Å². The van der Waals surface area contributed by atoms with Crippen LogP contribution < -0.4 is 35.5 Å². The van der Waals surface area contributed by atoms with E-state index in [9.17, 15) is 39.4 Å². The number of carbonyl (C=O) groups is 4. The normalized spacial score (nSPS) is 14.4. The molecule has 624 valence electrons. The van der Waals surface area contributed by atoms with Crippen molar-refractivity contribution in [2.75, 3.05) is 21.3 Å². The van der Waals surface area contributed by atoms with Crippen LogP contribution in [0.2, 0.25) is 0 Å². The molecule has 6 aromatic carbocycles. The van der Waals surface area contributed by atoms with E-state index in [1.807, 2.05) is 83.0 Å². The van der Waals surface area contributed by atoms with Crippen LogP contribution >= 0.6 is 0 Å². The molecule has 3 aliphatic heterocycles. The van der Waals surface area contributed by atoms with Crippen LogP contribution in [0.3, 0.4) is 0 Å². The molecule has 0 saturated heterocycles. The number of nitro benzene ring substituents is 2. The Labute approximate surface area is 693 Å². The summed E-state index contributed by atoms with van der Waals surface area (Å²) in [5, 5.41) is 29.6. The Hall–Kier alpha value is -14.4. The van der Waals surface area contributed by atoms with Crippen molar-refractivity contribution in [3.05, 3.63) is 219 Å². The van der Waals surface area contributed by atoms with Crippen LogP contribution in [-0.4, -0.2) is 112 Å². The Morgan fingerprint density at radius 2 is 0.760 bits per heavy atom. The molecule has 0 aliphatic carbocycles. The second kappa shape index (κ2) is 35.0. The fourth-order valence-corrected chi connectivity index (χ4v) is 13.3. The van der Waals surface area contributed by atoms with Crippen molar-refractivity contribution in [1.29, 1.82) is 0 Å². The van der Waals surface area contributed by atoms with Gasteiger partial charge in [0.15, 0.2) is 17.5 Å². The average Bonchev–Trinajstić information content (AvgIpc) is 1.58. The Bertz CT molecular complexity index is 5980. The van der Waals surface area contributed by atoms with Crippen LogP contribution in [0.5, 0.6) is 34.5 Å². The third-order valence-corrected chi connectivity index (χ3v) is 18.0. The van der Waals surface area contributed by atoms with E-state index < -0.39 is 56.6 Å². The molecular weight excluding hydrogens is 1560 g/mol. The molecule has 0 spiro atoms. The number of fused-ring (bicyclic) bond motifs is 9. The SMILES string of the molecule is CC1OCc2c1c1ncnc(N(C(=O)OC(C)(C)C)C(=O)OC(C)(C)C)c1n2-c1ccc(Oc2cccc(N)c2)cc1.CC1OCc2c1c1ncnc(N(C(=O)OC(C)(C)C)C(=O)OC(C)(C)C)c1n2-c1ccc(Oc2cccc([N+](=O)[O-])c2)cc1.CC1OCc2c1c1ncnc(N)c1n2-c1ccc(Oc2cccc([N+](=O)[O-])c2)cc1.O=BC#CO. The quantitative estimate of drug-likeness (QED) is 0.0241. The first-order valence-electron chi connectivity index (χ1n) is 37.8. The van der Waals surface area contributed by atoms with Gasteiger partial charge in [-0.2, -0.15) is 9.80 Å². The zero-order valence-electron chi connectivity index (χ0n) is 68.7. The number of hydrogen-bond donors (Lipinski definition) is 3. The van der Waals surface area contributed by atoms with Crippen molar-refractivity contribution in [3.8, 4) is 63.5 Å². The first-order valence-corrected chi connectivity index (χ1v) is 37.8. The summed E-state index contributed by atoms with van der Waals surface area (Å²) in [6.45, 7) is 27.3. The molecule has 0 bridgehead atoms. The van der Waals surface area contributed by atoms with Gasteiger partial charge in [0.25, 0.3) is 11.4 Å². The number of amides is 4. The molecular formula is C85H86BN15O20. The summed E-state index contributed by atoms with van der Waals surface area (Å²) in [4.78, 5) is 103. The summed E-state index contributed by atoms with van der Waals surface area (Å²) in [7, 11) is 0.319. The molecule has 3 aliphatic rings. The third kappa shape index (κ3) is 19.6. The number of aliphatic hydroxyl groups excluding tert-OH is 1. The van der Waals surface area contributed by atoms with Crippen molar-refractivity contribution in [1.82, 2.24) is 43.6 Å². The zero-order valence-corrected chi connectivity index (χ0v) is 68.7. The second-order valence-corrected chi connectivity index (χ2v) is 31.5. The number of nitrogens with two attached hydrogens (primary N) is 2. The van der Waals surface area contributed by atoms with Gasteiger partial charge in [-0.15, -0.1) is 0 Å². The van der Waals surface area contributed by atoms with Gasteiger partial charge in [0, 0.05) is 57.6 Å². The first kappa shape index (κ1) is 85.9. The summed E-state index contributed by atoms with van der Waals surface area (Å²) in [6.07, 6.45) is 1.06. The van der Waals surface area contributed by atoms with Gasteiger partial charge in [0.05, 0.1) is 77.2 Å². The van der Waals surface area contributed by atoms with E-state index in [4.69, 9.17) is 68.6 Å². The average molecular weight is 1650 g/mol. The number of benzene rings is 6. The van der Waals surface area contributed by atoms with Crippen LogP contribution in [0.15, 0.2) is 165 Å². The van der Waals surface area contributed by atoms with E-state index in [0.717, 1.165) is 66.0 Å². The molecule has 36 heteroatoms. The second-order valence-electron chi connectivity index (χ2n) is 31.5. The zero-order chi connectivity index (χ0) is 87.3. The topological polar surface area (TPSA) is 435 Å². The Morgan fingerprint density at radius 3 is 1.06 bits per heavy atom. The summed E-state index contributed by atoms with van der Waals surface area (Å²) in [5.41, 5.74) is 19.9. The maximum atomic E-state index is 13.6. The number of anilines is 4. The van der Waals surface area contributed by atoms with Gasteiger partial charge < -0.3 is 72.5 Å². The summed E-state index contributed by atoms with van der Waals surface area (Å²) < 4.78 is 72.6. The monoisotopic (exact) mass is 1650 g/mol. The van der Waals surface area contributed by atoms with Crippen LogP contribution in [0.1, 0.15) is 156 Å². The van der Waals surface area contributed by atoms with E-state index in [-0.39, 0.29) is 47.9 Å². The van der Waals surface area contributed by atoms with Crippen LogP contribution in [0, 0.1) is 32.2 Å². The van der Waals surface area contributed by atoms with Gasteiger partial charge in [0.2, 0.25) is 0 Å². The van der Waals surface area contributed by atoms with Gasteiger partial charge in [-0.05, 0) is 201 Å². The molecule has 3 unspecified atom stereocenters. The Morgan fingerprint density at radius 1 is 0.455 bits per heavy atom. The van der Waals surface area contributed by atoms with Gasteiger partial charge in [-0.25, -0.2) is 49.1 Å². The van der Waals surface area contributed by atoms with Crippen LogP contribution in [-0.2, 0) is 57.7 Å². The third-order valence-electron chi connectivity index (χ3n) is 18.0. The first-order chi connectivity index (χ1) is 57.3. The number of imide groups is 2. The number of nitro groups is 2. The minimum absolute atomic E-state index is 0.0166. The molecule has 0 radical (unpaired) electrons. The molecule has 15 rings (SSSR count). The van der Waals surface area contributed by atoms with Crippen molar-refractivity contribution < 1.29 is 86.2 Å². The fourth-order valence-electron chi connectivity index (χ4n) is 13.3. The van der Waals surface area contributed by atoms with Crippen molar-refractivity contribution in [3.63, 3.8) is 0 Å². The van der Waals surface area contributed by atoms with Crippen molar-refractivity contribution >= 4 is 99.1 Å². The number of carbonyl (C=O) groups excluding carboxylic acids is 4. The summed E-state index contributed by atoms with van der Waals surface area (Å²) in [5.74, 6) is 5.06. The Kier molecular flexibility index (Phi) is 24.9. The number of aromatic nitrogens is 9. The van der Waals surface area contributed by atoms with Gasteiger partial charge in [0.1, 0.15) is 109 Å². The molecule has 5 N–H and O–H groups in total. The minimum atomic E-state index is -0.954. The molecule has 0 fully saturated rings. The Balaban J connectivity index is 0.000000164. The van der Waals surface area contributed by atoms with Gasteiger partial charge in [-0.1, -0.05) is 18.2 Å². The van der Waals surface area contributed by atoms with Crippen LogP contribution in [0.4, 0.5) is 53.7 Å². The molecule has 35 nitrogen and oxygen atoms in total. The number of rotatable bonds is 13. The standard InChI is InChI=1S/C31H33N5O8.C31H35N5O6.C21H17N5O4.C2HBO2/c1-18-24-23(16-41-18)34(19-11-13-21(14-12-19)42-22-10-8-9-20(15-22)36(39)40)26-25(24)32-17-33-27(26)35(28(37)43-30(2,3)4)29(38)44-31(5,6)7;1-18-24-23(16-39-18)35(20-11-13-21(14-12-20)40-22-10-8-9-19(32)15-22)26-25(24)33-17-34-27(26)36(28(37)41-30(2,3)4)29(38)42-31(5,6)7;1-12-18-17(10-29-12)25(20-19(18)23-11-24-21(20)22)13-5-7-15(8-6-13)30-16-4-2-3-14(9-16)26(27)28;4-2-1-3-5/h8-15,17-18H,16H2,1-7H3;8-15,17-18H,16,32H2,1-7H3;2-9,11-12H,10H2,1H3,(H2,22,23,24);4H. The van der Waals surface area contributed by atoms with E-state index in [0.29, 0.717) is 94.1 Å². The molecule has 0 saturated carbocycles. The van der Waals surface area contributed by atoms with E-state index in [1.165, 1.54) is 49.4 Å². The molecule has 121 heavy (non-hydrogen) atoms. The maximum absolute atomic E-state index is 13.6. The van der Waals surface area contributed by atoms with Crippen molar-refractivity contribution in [2.45, 2.75) is 164 Å². The van der Waals surface area contributed by atoms with Crippen LogP contribution in [0.25, 0.3) is 50.2 Å². The number of nitrogens with zero attached hydrogens (tertiary/aromatic N) is 13. The molecule has 9 heterocycles. The molecule has 4 amide bonds. The number of ether oxygens (including phenoxy) is 10. The van der Waals surface area contributed by atoms with Gasteiger partial charge in [-0.3, -0.25) is 20.2 Å². The molecule has 3 atom stereocenters. The van der Waals surface area contributed by atoms with Crippen molar-refractivity contribution in [2.24, 2.45) is 0 Å². The summed E-state index contributed by atoms with van der Waals surface area (Å²) in [6, 6.07) is 40.8. The number of non-ortho nitro benzene ring substituents is 2. The van der Waals surface area contributed by atoms with E-state index in [2.05, 4.69) is 29.9 Å². The van der Waals surface area contributed by atoms with Gasteiger partial charge >= 0.3 is 53.3 Å². The fraction of sp³-hybridized carbons (Fsp3) is 0.294. The predicted octanol–water partition coefficient (Wildman–Crippen LogP) is 18.1. The molecule has 6 aromatic heterocycles. The number of aliphatic hydroxyl groups is 1. The summed E-state index contributed by atoms with van der Waals surface area (Å²) >= 11 is 0. The predicted molar refractivity (Wildman–Crippen MR) is 444 cm³/mol.